The molecule has 4 heteroatoms. The van der Waals surface area contributed by atoms with E-state index in [1.54, 1.807) is 11.3 Å². The number of nitrogens with zero attached hydrogens (tertiary/aromatic N) is 1. The van der Waals surface area contributed by atoms with Crippen LogP contribution in [0, 0.1) is 6.92 Å². The number of hydrogen-bond donors (Lipinski definition) is 1. The van der Waals surface area contributed by atoms with Crippen LogP contribution in [0.3, 0.4) is 0 Å². The zero-order valence-corrected chi connectivity index (χ0v) is 8.18. The maximum absolute atomic E-state index is 5.51. The molecule has 60 valence electrons. The van der Waals surface area contributed by atoms with Crippen molar-refractivity contribution in [1.82, 2.24) is 4.98 Å². The van der Waals surface area contributed by atoms with E-state index in [1.165, 1.54) is 0 Å². The molecule has 1 aromatic rings. The van der Waals surface area contributed by atoms with Gasteiger partial charge in [-0.2, -0.15) is 0 Å². The van der Waals surface area contributed by atoms with Crippen molar-refractivity contribution in [2.45, 2.75) is 20.3 Å². The van der Waals surface area contributed by atoms with Gasteiger partial charge in [0.1, 0.15) is 4.99 Å². The molecule has 11 heavy (non-hydrogen) atoms. The third-order valence-corrected chi connectivity index (χ3v) is 2.74. The van der Waals surface area contributed by atoms with Crippen molar-refractivity contribution in [3.63, 3.8) is 0 Å². The molecule has 0 atom stereocenters. The van der Waals surface area contributed by atoms with Crippen molar-refractivity contribution in [3.05, 3.63) is 15.6 Å². The van der Waals surface area contributed by atoms with Crippen LogP contribution < -0.4 is 5.73 Å². The Labute approximate surface area is 75.4 Å². The quantitative estimate of drug-likeness (QED) is 0.714. The fraction of sp³-hybridized carbons (Fsp3) is 0.429. The summed E-state index contributed by atoms with van der Waals surface area (Å²) in [5.41, 5.74) is 6.53. The molecule has 0 saturated carbocycles. The summed E-state index contributed by atoms with van der Waals surface area (Å²) in [4.78, 5) is 5.74. The van der Waals surface area contributed by atoms with E-state index in [4.69, 9.17) is 18.0 Å². The van der Waals surface area contributed by atoms with Crippen molar-refractivity contribution in [2.24, 2.45) is 5.73 Å². The van der Waals surface area contributed by atoms with Gasteiger partial charge in [-0.3, -0.25) is 0 Å². The number of aryl methyl sites for hydroxylation is 2. The van der Waals surface area contributed by atoms with Crippen molar-refractivity contribution in [1.29, 1.82) is 0 Å². The summed E-state index contributed by atoms with van der Waals surface area (Å²) >= 11 is 6.45. The summed E-state index contributed by atoms with van der Waals surface area (Å²) in [6.45, 7) is 4.02. The highest BCUT2D eigenvalue weighted by molar-refractivity contribution is 7.81. The molecule has 2 N–H and O–H groups in total. The monoisotopic (exact) mass is 186 g/mol. The average molecular weight is 186 g/mol. The van der Waals surface area contributed by atoms with Crippen molar-refractivity contribution in [3.8, 4) is 0 Å². The molecule has 1 aromatic heterocycles. The first-order valence-corrected chi connectivity index (χ1v) is 4.63. The predicted octanol–water partition coefficient (Wildman–Crippen LogP) is 1.65. The van der Waals surface area contributed by atoms with Crippen LogP contribution >= 0.6 is 23.6 Å². The van der Waals surface area contributed by atoms with E-state index in [9.17, 15) is 0 Å². The van der Waals surface area contributed by atoms with E-state index in [0.717, 1.165) is 22.0 Å². The van der Waals surface area contributed by atoms with Gasteiger partial charge in [0.25, 0.3) is 0 Å². The van der Waals surface area contributed by atoms with Gasteiger partial charge in [0.05, 0.1) is 15.6 Å². The van der Waals surface area contributed by atoms with Crippen molar-refractivity contribution >= 4 is 28.5 Å². The molecule has 0 bridgehead atoms. The van der Waals surface area contributed by atoms with Crippen LogP contribution in [-0.2, 0) is 6.42 Å². The van der Waals surface area contributed by atoms with E-state index in [2.05, 4.69) is 11.9 Å². The van der Waals surface area contributed by atoms with E-state index in [-0.39, 0.29) is 0 Å². The number of aromatic nitrogens is 1. The highest BCUT2D eigenvalue weighted by Gasteiger charge is 2.08. The molecule has 0 aromatic carbocycles. The van der Waals surface area contributed by atoms with Crippen molar-refractivity contribution < 1.29 is 0 Å². The van der Waals surface area contributed by atoms with Gasteiger partial charge in [0, 0.05) is 0 Å². The molecular weight excluding hydrogens is 176 g/mol. The Morgan fingerprint density at radius 3 is 2.73 bits per heavy atom. The zero-order valence-electron chi connectivity index (χ0n) is 6.55. The molecule has 0 amide bonds. The van der Waals surface area contributed by atoms with Crippen LogP contribution in [0.4, 0.5) is 0 Å². The summed E-state index contributed by atoms with van der Waals surface area (Å²) < 4.78 is 0. The Bertz CT molecular complexity index is 278. The summed E-state index contributed by atoms with van der Waals surface area (Å²) in [5, 5.41) is 1.03. The molecule has 0 aliphatic heterocycles. The fourth-order valence-corrected chi connectivity index (χ4v) is 2.00. The Morgan fingerprint density at radius 1 is 1.73 bits per heavy atom. The Morgan fingerprint density at radius 2 is 2.36 bits per heavy atom. The minimum atomic E-state index is 0.465. The largest absolute Gasteiger partial charge is 0.389 e. The molecule has 0 aliphatic rings. The van der Waals surface area contributed by atoms with Gasteiger partial charge in [-0.05, 0) is 13.3 Å². The first kappa shape index (κ1) is 8.62. The maximum atomic E-state index is 5.51. The summed E-state index contributed by atoms with van der Waals surface area (Å²) in [5.74, 6) is 0. The molecule has 1 rings (SSSR count). The van der Waals surface area contributed by atoms with Crippen LogP contribution in [0.5, 0.6) is 0 Å². The van der Waals surface area contributed by atoms with Gasteiger partial charge in [-0.1, -0.05) is 19.1 Å². The summed E-state index contributed by atoms with van der Waals surface area (Å²) in [6.07, 6.45) is 0.900. The molecule has 1 heterocycles. The van der Waals surface area contributed by atoms with Crippen LogP contribution in [0.25, 0.3) is 0 Å². The Balaban J connectivity index is 3.12. The van der Waals surface area contributed by atoms with Crippen LogP contribution in [0.1, 0.15) is 22.5 Å². The van der Waals surface area contributed by atoms with Gasteiger partial charge in [-0.15, -0.1) is 11.3 Å². The highest BCUT2D eigenvalue weighted by atomic mass is 32.1. The number of thiocarbonyl (C=S) groups is 1. The second-order valence-electron chi connectivity index (χ2n) is 2.23. The minimum Gasteiger partial charge on any atom is -0.389 e. The summed E-state index contributed by atoms with van der Waals surface area (Å²) in [6, 6.07) is 0. The number of rotatable bonds is 2. The second-order valence-corrected chi connectivity index (χ2v) is 3.87. The topological polar surface area (TPSA) is 38.9 Å². The maximum Gasteiger partial charge on any atom is 0.116 e. The molecule has 2 nitrogen and oxygen atoms in total. The Hall–Kier alpha value is -0.480. The van der Waals surface area contributed by atoms with Gasteiger partial charge in [0.15, 0.2) is 0 Å². The Kier molecular flexibility index (Phi) is 2.57. The summed E-state index contributed by atoms with van der Waals surface area (Å²) in [7, 11) is 0. The lowest BCUT2D eigenvalue weighted by Gasteiger charge is -1.93. The normalized spacial score (nSPS) is 10.0. The van der Waals surface area contributed by atoms with Crippen LogP contribution in [-0.4, -0.2) is 9.97 Å². The standard InChI is InChI=1S/C7H10N2S2/c1-3-5-6(7(8)10)11-4(2)9-5/h3H2,1-2H3,(H2,8,10). The van der Waals surface area contributed by atoms with E-state index in [1.807, 2.05) is 6.92 Å². The first-order valence-electron chi connectivity index (χ1n) is 3.41. The van der Waals surface area contributed by atoms with E-state index >= 15 is 0 Å². The van der Waals surface area contributed by atoms with E-state index < -0.39 is 0 Å². The molecule has 0 fully saturated rings. The zero-order chi connectivity index (χ0) is 8.43. The van der Waals surface area contributed by atoms with Gasteiger partial charge in [-0.25, -0.2) is 4.98 Å². The third kappa shape index (κ3) is 1.75. The molecule has 0 radical (unpaired) electrons. The predicted molar refractivity (Wildman–Crippen MR) is 52.1 cm³/mol. The van der Waals surface area contributed by atoms with Crippen molar-refractivity contribution in [2.75, 3.05) is 0 Å². The molecule has 0 unspecified atom stereocenters. The van der Waals surface area contributed by atoms with E-state index in [0.29, 0.717) is 4.99 Å². The average Bonchev–Trinajstić information content (AvgIpc) is 2.30. The number of hydrogen-bond acceptors (Lipinski definition) is 3. The van der Waals surface area contributed by atoms with Crippen LogP contribution in [0.2, 0.25) is 0 Å². The highest BCUT2D eigenvalue weighted by Crippen LogP contribution is 2.17. The third-order valence-electron chi connectivity index (χ3n) is 1.36. The molecular formula is C7H10N2S2. The van der Waals surface area contributed by atoms with Gasteiger partial charge < -0.3 is 5.73 Å². The first-order chi connectivity index (χ1) is 5.15. The van der Waals surface area contributed by atoms with Gasteiger partial charge in [0.2, 0.25) is 0 Å². The fourth-order valence-electron chi connectivity index (χ4n) is 0.902. The smallest absolute Gasteiger partial charge is 0.116 e. The molecule has 0 spiro atoms. The molecule has 0 saturated heterocycles. The molecule has 0 aliphatic carbocycles. The lowest BCUT2D eigenvalue weighted by Crippen LogP contribution is -2.09. The van der Waals surface area contributed by atoms with Gasteiger partial charge >= 0.3 is 0 Å². The van der Waals surface area contributed by atoms with Crippen LogP contribution in [0.15, 0.2) is 0 Å². The minimum absolute atomic E-state index is 0.465. The lowest BCUT2D eigenvalue weighted by molar-refractivity contribution is 1.04. The SMILES string of the molecule is CCc1nc(C)sc1C(N)=S. The lowest BCUT2D eigenvalue weighted by atomic mass is 10.3. The number of thiazole rings is 1. The second kappa shape index (κ2) is 3.28. The number of nitrogens with two attached hydrogens (primary N) is 1.